The minimum Gasteiger partial charge on any atom is -0.507 e. The molecule has 1 heterocycles. The third kappa shape index (κ3) is 3.00. The van der Waals surface area contributed by atoms with Crippen LogP contribution in [0.25, 0.3) is 0 Å². The predicted molar refractivity (Wildman–Crippen MR) is 70.3 cm³/mol. The quantitative estimate of drug-likeness (QED) is 0.864. The fraction of sp³-hybridized carbons (Fsp3) is 0.571. The maximum atomic E-state index is 13.7. The summed E-state index contributed by atoms with van der Waals surface area (Å²) in [5.74, 6) is 0.290. The summed E-state index contributed by atoms with van der Waals surface area (Å²) < 4.78 is 13.7. The summed E-state index contributed by atoms with van der Waals surface area (Å²) in [7, 11) is 3.82. The first kappa shape index (κ1) is 13.3. The third-order valence-corrected chi connectivity index (χ3v) is 3.45. The van der Waals surface area contributed by atoms with Crippen LogP contribution in [0.4, 0.5) is 4.39 Å². The van der Waals surface area contributed by atoms with E-state index in [4.69, 9.17) is 0 Å². The van der Waals surface area contributed by atoms with Gasteiger partial charge >= 0.3 is 0 Å². The van der Waals surface area contributed by atoms with Crippen molar-refractivity contribution in [1.82, 2.24) is 10.2 Å². The van der Waals surface area contributed by atoms with Gasteiger partial charge in [-0.2, -0.15) is 0 Å². The van der Waals surface area contributed by atoms with Crippen molar-refractivity contribution in [2.45, 2.75) is 25.3 Å². The van der Waals surface area contributed by atoms with Crippen molar-refractivity contribution in [1.29, 1.82) is 0 Å². The van der Waals surface area contributed by atoms with Gasteiger partial charge in [-0.25, -0.2) is 4.39 Å². The van der Waals surface area contributed by atoms with Crippen LogP contribution in [0.3, 0.4) is 0 Å². The maximum Gasteiger partial charge on any atom is 0.124 e. The van der Waals surface area contributed by atoms with Crippen LogP contribution in [-0.4, -0.2) is 37.2 Å². The zero-order valence-electron chi connectivity index (χ0n) is 11.0. The largest absolute Gasteiger partial charge is 0.507 e. The second kappa shape index (κ2) is 5.67. The number of benzene rings is 1. The van der Waals surface area contributed by atoms with Crippen LogP contribution < -0.4 is 5.32 Å². The molecule has 0 amide bonds. The highest BCUT2D eigenvalue weighted by molar-refractivity contribution is 5.43. The molecule has 1 aliphatic heterocycles. The smallest absolute Gasteiger partial charge is 0.124 e. The van der Waals surface area contributed by atoms with Gasteiger partial charge in [-0.3, -0.25) is 0 Å². The van der Waals surface area contributed by atoms with Crippen LogP contribution in [0.1, 0.15) is 29.9 Å². The number of nitrogens with zero attached hydrogens (tertiary/aromatic N) is 1. The molecule has 0 bridgehead atoms. The molecule has 2 rings (SSSR count). The Bertz CT molecular complexity index is 415. The summed E-state index contributed by atoms with van der Waals surface area (Å²) in [6, 6.07) is 2.92. The standard InChI is InChI=1S/C14H21FN2O/c1-17(2)9-11-7-12(15)8-13(14(11)18)10-3-5-16-6-4-10/h7-8,10,16,18H,3-6,9H2,1-2H3. The van der Waals surface area contributed by atoms with Crippen molar-refractivity contribution in [3.8, 4) is 5.75 Å². The Morgan fingerprint density at radius 1 is 1.33 bits per heavy atom. The molecule has 18 heavy (non-hydrogen) atoms. The topological polar surface area (TPSA) is 35.5 Å². The lowest BCUT2D eigenvalue weighted by molar-refractivity contribution is 0.376. The molecule has 1 aromatic carbocycles. The van der Waals surface area contributed by atoms with Crippen LogP contribution in [0.2, 0.25) is 0 Å². The second-order valence-corrected chi connectivity index (χ2v) is 5.26. The number of phenolic OH excluding ortho intramolecular Hbond substituents is 1. The van der Waals surface area contributed by atoms with Crippen molar-refractivity contribution in [3.63, 3.8) is 0 Å². The van der Waals surface area contributed by atoms with Crippen molar-refractivity contribution in [2.75, 3.05) is 27.2 Å². The lowest BCUT2D eigenvalue weighted by Crippen LogP contribution is -2.26. The molecule has 0 saturated carbocycles. The van der Waals surface area contributed by atoms with E-state index in [1.807, 2.05) is 19.0 Å². The first-order valence-electron chi connectivity index (χ1n) is 6.44. The van der Waals surface area contributed by atoms with Crippen molar-refractivity contribution < 1.29 is 9.50 Å². The van der Waals surface area contributed by atoms with Crippen LogP contribution in [0.15, 0.2) is 12.1 Å². The number of rotatable bonds is 3. The summed E-state index contributed by atoms with van der Waals surface area (Å²) in [6.07, 6.45) is 1.91. The van der Waals surface area contributed by atoms with Gasteiger partial charge in [0.2, 0.25) is 0 Å². The molecule has 0 aliphatic carbocycles. The fourth-order valence-electron chi connectivity index (χ4n) is 2.58. The van der Waals surface area contributed by atoms with Gasteiger partial charge < -0.3 is 15.3 Å². The molecule has 3 nitrogen and oxygen atoms in total. The lowest BCUT2D eigenvalue weighted by Gasteiger charge is -2.25. The molecule has 0 aromatic heterocycles. The number of nitrogens with one attached hydrogen (secondary N) is 1. The molecule has 1 aromatic rings. The Morgan fingerprint density at radius 2 is 2.00 bits per heavy atom. The summed E-state index contributed by atoms with van der Waals surface area (Å²) >= 11 is 0. The summed E-state index contributed by atoms with van der Waals surface area (Å²) in [5, 5.41) is 13.6. The van der Waals surface area contributed by atoms with Crippen LogP contribution in [0.5, 0.6) is 5.75 Å². The number of halogens is 1. The number of hydrogen-bond acceptors (Lipinski definition) is 3. The number of hydrogen-bond donors (Lipinski definition) is 2. The van der Waals surface area contributed by atoms with E-state index in [9.17, 15) is 9.50 Å². The average molecular weight is 252 g/mol. The van der Waals surface area contributed by atoms with E-state index in [2.05, 4.69) is 5.32 Å². The SMILES string of the molecule is CN(C)Cc1cc(F)cc(C2CCNCC2)c1O. The van der Waals surface area contributed by atoms with E-state index in [1.165, 1.54) is 12.1 Å². The minimum absolute atomic E-state index is 0.252. The van der Waals surface area contributed by atoms with Gasteiger partial charge in [-0.05, 0) is 58.1 Å². The van der Waals surface area contributed by atoms with Crippen molar-refractivity contribution in [3.05, 3.63) is 29.1 Å². The summed E-state index contributed by atoms with van der Waals surface area (Å²) in [5.41, 5.74) is 1.45. The molecular formula is C14H21FN2O. The number of piperidine rings is 1. The van der Waals surface area contributed by atoms with Gasteiger partial charge in [0.25, 0.3) is 0 Å². The van der Waals surface area contributed by atoms with Gasteiger partial charge in [0, 0.05) is 17.7 Å². The van der Waals surface area contributed by atoms with E-state index in [-0.39, 0.29) is 17.5 Å². The van der Waals surface area contributed by atoms with Gasteiger partial charge in [-0.1, -0.05) is 0 Å². The fourth-order valence-corrected chi connectivity index (χ4v) is 2.58. The van der Waals surface area contributed by atoms with Crippen molar-refractivity contribution >= 4 is 0 Å². The molecule has 1 fully saturated rings. The maximum absolute atomic E-state index is 13.7. The predicted octanol–water partition coefficient (Wildman–Crippen LogP) is 2.06. The first-order chi connectivity index (χ1) is 8.58. The molecule has 100 valence electrons. The number of aromatic hydroxyl groups is 1. The normalized spacial score (nSPS) is 17.3. The highest BCUT2D eigenvalue weighted by atomic mass is 19.1. The van der Waals surface area contributed by atoms with E-state index in [1.54, 1.807) is 0 Å². The van der Waals surface area contributed by atoms with Crippen LogP contribution >= 0.6 is 0 Å². The highest BCUT2D eigenvalue weighted by Gasteiger charge is 2.21. The molecule has 0 atom stereocenters. The minimum atomic E-state index is -0.252. The van der Waals surface area contributed by atoms with Gasteiger partial charge in [0.1, 0.15) is 11.6 Å². The van der Waals surface area contributed by atoms with E-state index >= 15 is 0 Å². The summed E-state index contributed by atoms with van der Waals surface area (Å²) in [4.78, 5) is 1.93. The first-order valence-corrected chi connectivity index (χ1v) is 6.44. The molecule has 0 radical (unpaired) electrons. The van der Waals surface area contributed by atoms with Crippen LogP contribution in [-0.2, 0) is 6.54 Å². The van der Waals surface area contributed by atoms with E-state index < -0.39 is 0 Å². The molecule has 1 aliphatic rings. The Balaban J connectivity index is 2.31. The second-order valence-electron chi connectivity index (χ2n) is 5.26. The zero-order valence-corrected chi connectivity index (χ0v) is 11.0. The Morgan fingerprint density at radius 3 is 2.61 bits per heavy atom. The Kier molecular flexibility index (Phi) is 4.19. The monoisotopic (exact) mass is 252 g/mol. The van der Waals surface area contributed by atoms with Gasteiger partial charge in [-0.15, -0.1) is 0 Å². The van der Waals surface area contributed by atoms with Crippen molar-refractivity contribution in [2.24, 2.45) is 0 Å². The van der Waals surface area contributed by atoms with Gasteiger partial charge in [0.05, 0.1) is 0 Å². The lowest BCUT2D eigenvalue weighted by atomic mass is 9.88. The van der Waals surface area contributed by atoms with E-state index in [0.717, 1.165) is 31.5 Å². The van der Waals surface area contributed by atoms with E-state index in [0.29, 0.717) is 12.1 Å². The summed E-state index contributed by atoms with van der Waals surface area (Å²) in [6.45, 7) is 2.43. The third-order valence-electron chi connectivity index (χ3n) is 3.45. The molecule has 0 spiro atoms. The molecule has 1 saturated heterocycles. The van der Waals surface area contributed by atoms with Crippen LogP contribution in [0, 0.1) is 5.82 Å². The molecule has 0 unspecified atom stereocenters. The number of phenols is 1. The zero-order chi connectivity index (χ0) is 13.1. The average Bonchev–Trinajstić information content (AvgIpc) is 2.34. The Hall–Kier alpha value is -1.13. The molecule has 4 heteroatoms. The molecule has 2 N–H and O–H groups in total. The highest BCUT2D eigenvalue weighted by Crippen LogP contribution is 2.35. The molecular weight excluding hydrogens is 231 g/mol. The van der Waals surface area contributed by atoms with Gasteiger partial charge in [0.15, 0.2) is 0 Å². The Labute approximate surface area is 108 Å².